The van der Waals surface area contributed by atoms with E-state index < -0.39 is 29.4 Å². The number of aliphatic carboxylic acids is 1. The normalized spacial score (nSPS) is 13.4. The van der Waals surface area contributed by atoms with Gasteiger partial charge in [0.2, 0.25) is 0 Å². The Morgan fingerprint density at radius 1 is 1.33 bits per heavy atom. The number of carbonyl (C=O) groups is 1. The van der Waals surface area contributed by atoms with E-state index in [1.807, 2.05) is 0 Å². The summed E-state index contributed by atoms with van der Waals surface area (Å²) in [6, 6.07) is 1.97. The van der Waals surface area contributed by atoms with Gasteiger partial charge in [0.1, 0.15) is 5.82 Å². The Kier molecular flexibility index (Phi) is 4.28. The molecule has 0 aliphatic rings. The maximum atomic E-state index is 13.0. The second-order valence-corrected chi connectivity index (χ2v) is 3.82. The summed E-state index contributed by atoms with van der Waals surface area (Å²) in [5.41, 5.74) is 4.00. The number of halogens is 4. The molecule has 3 nitrogen and oxygen atoms in total. The van der Waals surface area contributed by atoms with E-state index in [0.717, 1.165) is 12.1 Å². The first kappa shape index (κ1) is 14.4. The van der Waals surface area contributed by atoms with Crippen LogP contribution in [0.25, 0.3) is 0 Å². The molecule has 0 saturated heterocycles. The number of alkyl halides is 3. The van der Waals surface area contributed by atoms with Crippen molar-refractivity contribution in [2.45, 2.75) is 12.6 Å². The second kappa shape index (κ2) is 5.34. The maximum absolute atomic E-state index is 13.0. The van der Waals surface area contributed by atoms with Gasteiger partial charge < -0.3 is 10.8 Å². The largest absolute Gasteiger partial charge is 0.481 e. The van der Waals surface area contributed by atoms with Crippen LogP contribution in [0.5, 0.6) is 0 Å². The fourth-order valence-electron chi connectivity index (χ4n) is 1.49. The molecule has 0 bridgehead atoms. The third-order valence-corrected chi connectivity index (χ3v) is 2.40. The highest BCUT2D eigenvalue weighted by molar-refractivity contribution is 5.70. The van der Waals surface area contributed by atoms with E-state index in [-0.39, 0.29) is 18.5 Å². The molecule has 1 aromatic carbocycles. The molecule has 3 N–H and O–H groups in total. The number of hydrogen-bond acceptors (Lipinski definition) is 2. The van der Waals surface area contributed by atoms with Gasteiger partial charge in [-0.15, -0.1) is 0 Å². The van der Waals surface area contributed by atoms with E-state index in [9.17, 15) is 22.4 Å². The fraction of sp³-hybridized carbons (Fsp3) is 0.364. The van der Waals surface area contributed by atoms with Gasteiger partial charge in [-0.3, -0.25) is 4.79 Å². The molecule has 0 aliphatic carbocycles. The maximum Gasteiger partial charge on any atom is 0.416 e. The van der Waals surface area contributed by atoms with E-state index in [1.165, 1.54) is 0 Å². The summed E-state index contributed by atoms with van der Waals surface area (Å²) in [5, 5.41) is 8.74. The molecule has 0 heterocycles. The minimum absolute atomic E-state index is 0.0415. The molecule has 0 aliphatic heterocycles. The summed E-state index contributed by atoms with van der Waals surface area (Å²) >= 11 is 0. The average Bonchev–Trinajstić information content (AvgIpc) is 2.23. The van der Waals surface area contributed by atoms with E-state index in [2.05, 4.69) is 0 Å². The molecular weight excluding hydrogens is 254 g/mol. The molecule has 1 unspecified atom stereocenters. The summed E-state index contributed by atoms with van der Waals surface area (Å²) in [7, 11) is 0. The van der Waals surface area contributed by atoms with Gasteiger partial charge in [-0.05, 0) is 30.2 Å². The van der Waals surface area contributed by atoms with Crippen molar-refractivity contribution in [2.75, 3.05) is 6.54 Å². The molecule has 1 rings (SSSR count). The van der Waals surface area contributed by atoms with Gasteiger partial charge in [0.05, 0.1) is 11.5 Å². The molecule has 0 amide bonds. The zero-order valence-corrected chi connectivity index (χ0v) is 9.17. The highest BCUT2D eigenvalue weighted by Gasteiger charge is 2.31. The van der Waals surface area contributed by atoms with Crippen LogP contribution in [0.4, 0.5) is 17.6 Å². The van der Waals surface area contributed by atoms with Crippen LogP contribution in [0.15, 0.2) is 18.2 Å². The third kappa shape index (κ3) is 3.69. The number of benzene rings is 1. The van der Waals surface area contributed by atoms with Crippen LogP contribution in [0.2, 0.25) is 0 Å². The van der Waals surface area contributed by atoms with Crippen molar-refractivity contribution < 1.29 is 27.5 Å². The van der Waals surface area contributed by atoms with Crippen LogP contribution in [-0.4, -0.2) is 17.6 Å². The van der Waals surface area contributed by atoms with E-state index >= 15 is 0 Å². The van der Waals surface area contributed by atoms with Gasteiger partial charge >= 0.3 is 12.1 Å². The molecule has 18 heavy (non-hydrogen) atoms. The van der Waals surface area contributed by atoms with Crippen molar-refractivity contribution in [1.82, 2.24) is 0 Å². The first-order valence-corrected chi connectivity index (χ1v) is 5.03. The molecule has 1 atom stereocenters. The molecule has 0 aromatic heterocycles. The van der Waals surface area contributed by atoms with Crippen molar-refractivity contribution in [3.05, 3.63) is 35.1 Å². The van der Waals surface area contributed by atoms with Crippen LogP contribution in [0.1, 0.15) is 11.1 Å². The van der Waals surface area contributed by atoms with E-state index in [0.29, 0.717) is 6.07 Å². The standard InChI is InChI=1S/C11H11F4NO2/c12-9-3-6(1-7(5-16)10(17)18)2-8(4-9)11(13,14)15/h2-4,7H,1,5,16H2,(H,17,18). The van der Waals surface area contributed by atoms with Crippen LogP contribution >= 0.6 is 0 Å². The van der Waals surface area contributed by atoms with Crippen molar-refractivity contribution in [1.29, 1.82) is 0 Å². The Morgan fingerprint density at radius 3 is 2.39 bits per heavy atom. The SMILES string of the molecule is NCC(Cc1cc(F)cc(C(F)(F)F)c1)C(=O)O. The zero-order chi connectivity index (χ0) is 13.9. The minimum Gasteiger partial charge on any atom is -0.481 e. The molecule has 0 saturated carbocycles. The Labute approximate surface area is 100 Å². The van der Waals surface area contributed by atoms with Crippen LogP contribution in [0.3, 0.4) is 0 Å². The Hall–Kier alpha value is -1.63. The topological polar surface area (TPSA) is 63.3 Å². The predicted octanol–water partition coefficient (Wildman–Crippen LogP) is 2.05. The molecular formula is C11H11F4NO2. The lowest BCUT2D eigenvalue weighted by atomic mass is 9.98. The predicted molar refractivity (Wildman–Crippen MR) is 55.3 cm³/mol. The number of carboxylic acids is 1. The first-order chi connectivity index (χ1) is 8.24. The Balaban J connectivity index is 3.03. The van der Waals surface area contributed by atoms with Gasteiger partial charge in [0.25, 0.3) is 0 Å². The number of nitrogens with two attached hydrogens (primary N) is 1. The Morgan fingerprint density at radius 2 is 1.94 bits per heavy atom. The minimum atomic E-state index is -4.67. The molecule has 100 valence electrons. The van der Waals surface area contributed by atoms with Gasteiger partial charge in [-0.1, -0.05) is 0 Å². The first-order valence-electron chi connectivity index (χ1n) is 5.03. The molecule has 0 fully saturated rings. The summed E-state index contributed by atoms with van der Waals surface area (Å²) in [6.45, 7) is -0.229. The average molecular weight is 265 g/mol. The highest BCUT2D eigenvalue weighted by Crippen LogP contribution is 2.30. The lowest BCUT2D eigenvalue weighted by molar-refractivity contribution is -0.141. The zero-order valence-electron chi connectivity index (χ0n) is 9.17. The Bertz CT molecular complexity index is 445. The molecule has 0 spiro atoms. The van der Waals surface area contributed by atoms with Crippen molar-refractivity contribution in [2.24, 2.45) is 11.7 Å². The summed E-state index contributed by atoms with van der Waals surface area (Å²) in [6.07, 6.45) is -4.91. The second-order valence-electron chi connectivity index (χ2n) is 3.82. The van der Waals surface area contributed by atoms with Crippen molar-refractivity contribution >= 4 is 5.97 Å². The quantitative estimate of drug-likeness (QED) is 0.819. The number of carboxylic acid groups (broad SMARTS) is 1. The molecule has 0 radical (unpaired) electrons. The third-order valence-electron chi connectivity index (χ3n) is 2.40. The fourth-order valence-corrected chi connectivity index (χ4v) is 1.49. The molecule has 7 heteroatoms. The highest BCUT2D eigenvalue weighted by atomic mass is 19.4. The van der Waals surface area contributed by atoms with Gasteiger partial charge in [0.15, 0.2) is 0 Å². The summed E-state index contributed by atoms with van der Waals surface area (Å²) < 4.78 is 50.3. The van der Waals surface area contributed by atoms with E-state index in [4.69, 9.17) is 10.8 Å². The van der Waals surface area contributed by atoms with E-state index in [1.54, 1.807) is 0 Å². The van der Waals surface area contributed by atoms with Crippen LogP contribution < -0.4 is 5.73 Å². The van der Waals surface area contributed by atoms with Crippen molar-refractivity contribution in [3.8, 4) is 0 Å². The lowest BCUT2D eigenvalue weighted by Crippen LogP contribution is -2.25. The lowest BCUT2D eigenvalue weighted by Gasteiger charge is -2.12. The summed E-state index contributed by atoms with van der Waals surface area (Å²) in [4.78, 5) is 10.7. The van der Waals surface area contributed by atoms with Gasteiger partial charge in [-0.2, -0.15) is 13.2 Å². The molecule has 1 aromatic rings. The van der Waals surface area contributed by atoms with Gasteiger partial charge in [-0.25, -0.2) is 4.39 Å². The van der Waals surface area contributed by atoms with Gasteiger partial charge in [0, 0.05) is 6.54 Å². The monoisotopic (exact) mass is 265 g/mol. The van der Waals surface area contributed by atoms with Crippen molar-refractivity contribution in [3.63, 3.8) is 0 Å². The number of rotatable bonds is 4. The smallest absolute Gasteiger partial charge is 0.416 e. The van der Waals surface area contributed by atoms with Crippen LogP contribution in [-0.2, 0) is 17.4 Å². The summed E-state index contributed by atoms with van der Waals surface area (Å²) in [5.74, 6) is -3.32. The van der Waals surface area contributed by atoms with Crippen LogP contribution in [0, 0.1) is 11.7 Å². The number of hydrogen-bond donors (Lipinski definition) is 2.